The highest BCUT2D eigenvalue weighted by Gasteiger charge is 2.31. The summed E-state index contributed by atoms with van der Waals surface area (Å²) in [5.41, 5.74) is 5.64. The van der Waals surface area contributed by atoms with E-state index in [9.17, 15) is 13.2 Å². The van der Waals surface area contributed by atoms with Crippen molar-refractivity contribution in [1.29, 1.82) is 0 Å². The van der Waals surface area contributed by atoms with Gasteiger partial charge < -0.3 is 11.6 Å². The third-order valence-electron chi connectivity index (χ3n) is 2.96. The van der Waals surface area contributed by atoms with E-state index >= 15 is 0 Å². The number of imidazole rings is 1. The second kappa shape index (κ2) is 4.73. The molecule has 0 saturated heterocycles. The fourth-order valence-electron chi connectivity index (χ4n) is 1.93. The minimum absolute atomic E-state index is 0.0156. The van der Waals surface area contributed by atoms with Gasteiger partial charge in [0, 0.05) is 11.5 Å². The van der Waals surface area contributed by atoms with Gasteiger partial charge in [-0.15, -0.1) is 0 Å². The van der Waals surface area contributed by atoms with Gasteiger partial charge >= 0.3 is 6.18 Å². The monoisotopic (exact) mass is 284 g/mol. The van der Waals surface area contributed by atoms with Gasteiger partial charge in [0.25, 0.3) is 0 Å². The van der Waals surface area contributed by atoms with E-state index in [4.69, 9.17) is 11.6 Å². The van der Waals surface area contributed by atoms with Crippen LogP contribution < -0.4 is 11.6 Å². The molecule has 0 saturated carbocycles. The molecule has 20 heavy (non-hydrogen) atoms. The van der Waals surface area contributed by atoms with E-state index in [-0.39, 0.29) is 17.4 Å². The summed E-state index contributed by atoms with van der Waals surface area (Å²) in [7, 11) is 0. The number of nitrogen functional groups attached to an aromatic ring is 2. The minimum atomic E-state index is -4.41. The fourth-order valence-corrected chi connectivity index (χ4v) is 1.93. The molecule has 0 aliphatic rings. The number of halogens is 3. The van der Waals surface area contributed by atoms with Crippen LogP contribution in [0.3, 0.4) is 0 Å². The zero-order valence-electron chi connectivity index (χ0n) is 11.1. The maximum Gasteiger partial charge on any atom is 0.416 e. The Balaban J connectivity index is 2.55. The number of alkyl halides is 3. The Morgan fingerprint density at radius 2 is 1.90 bits per heavy atom. The number of nitrogens with two attached hydrogens (primary N) is 2. The first-order valence-corrected chi connectivity index (χ1v) is 6.02. The van der Waals surface area contributed by atoms with Crippen molar-refractivity contribution in [2.75, 3.05) is 11.6 Å². The van der Waals surface area contributed by atoms with E-state index in [0.29, 0.717) is 11.4 Å². The molecule has 0 spiro atoms. The van der Waals surface area contributed by atoms with Crippen molar-refractivity contribution in [2.45, 2.75) is 25.9 Å². The van der Waals surface area contributed by atoms with E-state index in [1.54, 1.807) is 0 Å². The summed E-state index contributed by atoms with van der Waals surface area (Å²) in [5.74, 6) is 6.46. The van der Waals surface area contributed by atoms with E-state index in [1.807, 2.05) is 13.8 Å². The Hall–Kier alpha value is -2.18. The molecular weight excluding hydrogens is 269 g/mol. The lowest BCUT2D eigenvalue weighted by Gasteiger charge is -2.08. The van der Waals surface area contributed by atoms with Crippen LogP contribution in [0.15, 0.2) is 24.3 Å². The molecule has 0 amide bonds. The molecule has 0 atom stereocenters. The van der Waals surface area contributed by atoms with E-state index < -0.39 is 11.7 Å². The number of hydrogen-bond acceptors (Lipinski definition) is 3. The summed E-state index contributed by atoms with van der Waals surface area (Å²) >= 11 is 0. The number of rotatable bonds is 2. The van der Waals surface area contributed by atoms with Crippen molar-refractivity contribution in [3.05, 3.63) is 35.7 Å². The fraction of sp³-hybridized carbons (Fsp3) is 0.308. The summed E-state index contributed by atoms with van der Waals surface area (Å²) in [5, 5.41) is 0. The summed E-state index contributed by atoms with van der Waals surface area (Å²) in [4.78, 5) is 4.25. The van der Waals surface area contributed by atoms with Crippen molar-refractivity contribution in [3.8, 4) is 11.3 Å². The van der Waals surface area contributed by atoms with E-state index in [2.05, 4.69) is 4.98 Å². The maximum atomic E-state index is 12.7. The molecule has 0 bridgehead atoms. The lowest BCUT2D eigenvalue weighted by Crippen LogP contribution is -2.16. The van der Waals surface area contributed by atoms with Gasteiger partial charge in [-0.25, -0.2) is 9.66 Å². The molecule has 0 aliphatic heterocycles. The van der Waals surface area contributed by atoms with Gasteiger partial charge in [0.05, 0.1) is 5.56 Å². The third kappa shape index (κ3) is 2.43. The van der Waals surface area contributed by atoms with Crippen LogP contribution in [0.4, 0.5) is 19.0 Å². The summed E-state index contributed by atoms with van der Waals surface area (Å²) in [6.45, 7) is 3.75. The second-order valence-corrected chi connectivity index (χ2v) is 4.81. The van der Waals surface area contributed by atoms with Gasteiger partial charge in [-0.1, -0.05) is 26.0 Å². The van der Waals surface area contributed by atoms with Gasteiger partial charge in [0.1, 0.15) is 11.5 Å². The van der Waals surface area contributed by atoms with Crippen LogP contribution in [-0.2, 0) is 6.18 Å². The van der Waals surface area contributed by atoms with Crippen LogP contribution in [0.5, 0.6) is 0 Å². The zero-order chi connectivity index (χ0) is 15.1. The molecule has 1 heterocycles. The van der Waals surface area contributed by atoms with Gasteiger partial charge in [0.15, 0.2) is 5.82 Å². The molecular formula is C13H15F3N4. The number of aromatic nitrogens is 2. The first-order chi connectivity index (χ1) is 9.21. The Labute approximate surface area is 114 Å². The van der Waals surface area contributed by atoms with Crippen LogP contribution in [-0.4, -0.2) is 9.66 Å². The SMILES string of the molecule is CC(C)c1nc(-c2cccc(C(F)(F)F)c2)c(N)n1N. The molecule has 1 aromatic carbocycles. The normalized spacial score (nSPS) is 12.1. The summed E-state index contributed by atoms with van der Waals surface area (Å²) in [6.07, 6.45) is -4.41. The molecule has 2 rings (SSSR count). The van der Waals surface area contributed by atoms with Crippen LogP contribution in [0.2, 0.25) is 0 Å². The van der Waals surface area contributed by atoms with Crippen molar-refractivity contribution in [3.63, 3.8) is 0 Å². The number of nitrogens with zero attached hydrogens (tertiary/aromatic N) is 2. The number of anilines is 1. The highest BCUT2D eigenvalue weighted by atomic mass is 19.4. The lowest BCUT2D eigenvalue weighted by atomic mass is 10.1. The van der Waals surface area contributed by atoms with Crippen molar-refractivity contribution < 1.29 is 13.2 Å². The van der Waals surface area contributed by atoms with Crippen molar-refractivity contribution in [1.82, 2.24) is 9.66 Å². The minimum Gasteiger partial charge on any atom is -0.382 e. The third-order valence-corrected chi connectivity index (χ3v) is 2.96. The molecule has 0 radical (unpaired) electrons. The smallest absolute Gasteiger partial charge is 0.382 e. The van der Waals surface area contributed by atoms with Crippen LogP contribution in [0, 0.1) is 0 Å². The Morgan fingerprint density at radius 1 is 1.25 bits per heavy atom. The average Bonchev–Trinajstić information content (AvgIpc) is 2.66. The molecule has 2 aromatic rings. The largest absolute Gasteiger partial charge is 0.416 e. The first kappa shape index (κ1) is 14.2. The molecule has 4 N–H and O–H groups in total. The van der Waals surface area contributed by atoms with Crippen LogP contribution in [0.1, 0.15) is 31.2 Å². The molecule has 0 fully saturated rings. The molecule has 4 nitrogen and oxygen atoms in total. The summed E-state index contributed by atoms with van der Waals surface area (Å²) < 4.78 is 39.4. The van der Waals surface area contributed by atoms with Crippen LogP contribution >= 0.6 is 0 Å². The van der Waals surface area contributed by atoms with Gasteiger partial charge in [-0.3, -0.25) is 0 Å². The van der Waals surface area contributed by atoms with Gasteiger partial charge in [0.2, 0.25) is 0 Å². The quantitative estimate of drug-likeness (QED) is 0.833. The number of benzene rings is 1. The van der Waals surface area contributed by atoms with Gasteiger partial charge in [-0.05, 0) is 12.1 Å². The van der Waals surface area contributed by atoms with E-state index in [0.717, 1.165) is 12.1 Å². The lowest BCUT2D eigenvalue weighted by molar-refractivity contribution is -0.137. The molecule has 1 aromatic heterocycles. The standard InChI is InChI=1S/C13H15F3N4/c1-7(2)12-19-10(11(17)20(12)18)8-4-3-5-9(6-8)13(14,15)16/h3-7H,17-18H2,1-2H3. The first-order valence-electron chi connectivity index (χ1n) is 6.02. The highest BCUT2D eigenvalue weighted by Crippen LogP contribution is 2.34. The van der Waals surface area contributed by atoms with Gasteiger partial charge in [-0.2, -0.15) is 13.2 Å². The summed E-state index contributed by atoms with van der Waals surface area (Å²) in [6, 6.07) is 4.87. The molecule has 108 valence electrons. The molecule has 0 aliphatic carbocycles. The Morgan fingerprint density at radius 3 is 2.40 bits per heavy atom. The van der Waals surface area contributed by atoms with Crippen molar-refractivity contribution in [2.24, 2.45) is 0 Å². The molecule has 7 heteroatoms. The topological polar surface area (TPSA) is 69.9 Å². The Kier molecular flexibility index (Phi) is 3.37. The predicted octanol–water partition coefficient (Wildman–Crippen LogP) is 2.99. The zero-order valence-corrected chi connectivity index (χ0v) is 11.1. The second-order valence-electron chi connectivity index (χ2n) is 4.81. The van der Waals surface area contributed by atoms with E-state index in [1.165, 1.54) is 16.8 Å². The van der Waals surface area contributed by atoms with Crippen molar-refractivity contribution >= 4 is 5.82 Å². The highest BCUT2D eigenvalue weighted by molar-refractivity contribution is 5.71. The maximum absolute atomic E-state index is 12.7. The Bertz CT molecular complexity index is 629. The van der Waals surface area contributed by atoms with Crippen LogP contribution in [0.25, 0.3) is 11.3 Å². The molecule has 0 unspecified atom stereocenters. The average molecular weight is 284 g/mol. The number of hydrogen-bond donors (Lipinski definition) is 2. The predicted molar refractivity (Wildman–Crippen MR) is 71.3 cm³/mol.